The summed E-state index contributed by atoms with van der Waals surface area (Å²) in [6.45, 7) is 8.38. The van der Waals surface area contributed by atoms with E-state index < -0.39 is 0 Å². The maximum absolute atomic E-state index is 5.75. The minimum Gasteiger partial charge on any atom is -0.492 e. The third-order valence-corrected chi connectivity index (χ3v) is 3.32. The van der Waals surface area contributed by atoms with Crippen molar-refractivity contribution in [2.75, 3.05) is 32.8 Å². The summed E-state index contributed by atoms with van der Waals surface area (Å²) >= 11 is 0. The molecular weight excluding hydrogens is 238 g/mol. The Morgan fingerprint density at radius 1 is 1.00 bits per heavy atom. The highest BCUT2D eigenvalue weighted by Crippen LogP contribution is 2.17. The van der Waals surface area contributed by atoms with Crippen LogP contribution in [0.2, 0.25) is 0 Å². The lowest BCUT2D eigenvalue weighted by Crippen LogP contribution is -2.33. The van der Waals surface area contributed by atoms with Crippen LogP contribution in [-0.4, -0.2) is 37.7 Å². The standard InChI is InChI=1S/C16H23NO2/c1-2-13-18-15-6-8-16(9-7-15)19-14-12-17-10-4-3-5-11-17/h2,6-9H,1,3-5,10-14H2. The zero-order valence-electron chi connectivity index (χ0n) is 11.5. The first-order chi connectivity index (χ1) is 9.38. The van der Waals surface area contributed by atoms with Gasteiger partial charge in [-0.2, -0.15) is 0 Å². The molecular formula is C16H23NO2. The third kappa shape index (κ3) is 4.95. The minimum atomic E-state index is 0.537. The Kier molecular flexibility index (Phi) is 5.76. The first kappa shape index (κ1) is 13.9. The first-order valence-corrected chi connectivity index (χ1v) is 7.07. The van der Waals surface area contributed by atoms with Crippen molar-refractivity contribution < 1.29 is 9.47 Å². The number of hydrogen-bond acceptors (Lipinski definition) is 3. The fraction of sp³-hybridized carbons (Fsp3) is 0.500. The van der Waals surface area contributed by atoms with E-state index in [4.69, 9.17) is 9.47 Å². The highest BCUT2D eigenvalue weighted by atomic mass is 16.5. The lowest BCUT2D eigenvalue weighted by molar-refractivity contribution is 0.183. The normalized spacial score (nSPS) is 16.0. The monoisotopic (exact) mass is 261 g/mol. The summed E-state index contributed by atoms with van der Waals surface area (Å²) in [5.41, 5.74) is 0. The molecule has 3 heteroatoms. The van der Waals surface area contributed by atoms with Crippen LogP contribution in [0.25, 0.3) is 0 Å². The van der Waals surface area contributed by atoms with E-state index in [1.54, 1.807) is 6.08 Å². The van der Waals surface area contributed by atoms with Crippen LogP contribution in [0, 0.1) is 0 Å². The van der Waals surface area contributed by atoms with Crippen molar-refractivity contribution in [1.82, 2.24) is 4.90 Å². The molecule has 3 nitrogen and oxygen atoms in total. The van der Waals surface area contributed by atoms with Crippen LogP contribution in [0.4, 0.5) is 0 Å². The number of hydrogen-bond donors (Lipinski definition) is 0. The van der Waals surface area contributed by atoms with E-state index in [9.17, 15) is 0 Å². The summed E-state index contributed by atoms with van der Waals surface area (Å²) in [5, 5.41) is 0. The second-order valence-corrected chi connectivity index (χ2v) is 4.82. The van der Waals surface area contributed by atoms with Crippen LogP contribution in [0.15, 0.2) is 36.9 Å². The molecule has 0 atom stereocenters. The first-order valence-electron chi connectivity index (χ1n) is 7.07. The van der Waals surface area contributed by atoms with Gasteiger partial charge in [-0.25, -0.2) is 0 Å². The molecule has 1 aromatic rings. The summed E-state index contributed by atoms with van der Waals surface area (Å²) in [6, 6.07) is 7.77. The molecule has 1 aliphatic rings. The Morgan fingerprint density at radius 3 is 2.26 bits per heavy atom. The fourth-order valence-corrected chi connectivity index (χ4v) is 2.26. The van der Waals surface area contributed by atoms with E-state index in [2.05, 4.69) is 11.5 Å². The number of ether oxygens (including phenoxy) is 2. The summed E-state index contributed by atoms with van der Waals surface area (Å²) in [5.74, 6) is 1.76. The maximum Gasteiger partial charge on any atom is 0.120 e. The van der Waals surface area contributed by atoms with Gasteiger partial charge in [-0.3, -0.25) is 4.90 Å². The molecule has 19 heavy (non-hydrogen) atoms. The van der Waals surface area contributed by atoms with Gasteiger partial charge in [0.05, 0.1) is 0 Å². The third-order valence-electron chi connectivity index (χ3n) is 3.32. The second kappa shape index (κ2) is 7.85. The maximum atomic E-state index is 5.75. The molecule has 1 heterocycles. The van der Waals surface area contributed by atoms with Crippen LogP contribution in [0.5, 0.6) is 11.5 Å². The predicted octanol–water partition coefficient (Wildman–Crippen LogP) is 3.12. The smallest absolute Gasteiger partial charge is 0.120 e. The van der Waals surface area contributed by atoms with Crippen LogP contribution < -0.4 is 9.47 Å². The lowest BCUT2D eigenvalue weighted by atomic mass is 10.1. The average molecular weight is 261 g/mol. The van der Waals surface area contributed by atoms with Crippen molar-refractivity contribution in [1.29, 1.82) is 0 Å². The predicted molar refractivity (Wildman–Crippen MR) is 77.9 cm³/mol. The Balaban J connectivity index is 1.68. The van der Waals surface area contributed by atoms with E-state index in [-0.39, 0.29) is 0 Å². The Hall–Kier alpha value is -1.48. The Bertz CT molecular complexity index is 369. The topological polar surface area (TPSA) is 21.7 Å². The zero-order chi connectivity index (χ0) is 13.3. The molecule has 1 saturated heterocycles. The Labute approximate surface area is 115 Å². The van der Waals surface area contributed by atoms with Crippen LogP contribution in [0.3, 0.4) is 0 Å². The number of piperidine rings is 1. The van der Waals surface area contributed by atoms with Crippen molar-refractivity contribution in [2.45, 2.75) is 19.3 Å². The quantitative estimate of drug-likeness (QED) is 0.704. The van der Waals surface area contributed by atoms with E-state index >= 15 is 0 Å². The van der Waals surface area contributed by atoms with Crippen LogP contribution in [0.1, 0.15) is 19.3 Å². The minimum absolute atomic E-state index is 0.537. The van der Waals surface area contributed by atoms with E-state index in [0.29, 0.717) is 6.61 Å². The van der Waals surface area contributed by atoms with E-state index in [1.165, 1.54) is 32.4 Å². The molecule has 1 fully saturated rings. The lowest BCUT2D eigenvalue weighted by Gasteiger charge is -2.26. The van der Waals surface area contributed by atoms with E-state index in [0.717, 1.165) is 24.7 Å². The summed E-state index contributed by atoms with van der Waals surface area (Å²) < 4.78 is 11.2. The molecule has 0 spiro atoms. The molecule has 0 unspecified atom stereocenters. The van der Waals surface area contributed by atoms with Crippen molar-refractivity contribution >= 4 is 0 Å². The van der Waals surface area contributed by atoms with Gasteiger partial charge in [0.2, 0.25) is 0 Å². The van der Waals surface area contributed by atoms with Gasteiger partial charge in [0.1, 0.15) is 24.7 Å². The SMILES string of the molecule is C=CCOc1ccc(OCCN2CCCCC2)cc1. The Morgan fingerprint density at radius 2 is 1.63 bits per heavy atom. The van der Waals surface area contributed by atoms with Gasteiger partial charge in [0.25, 0.3) is 0 Å². The van der Waals surface area contributed by atoms with Gasteiger partial charge in [0.15, 0.2) is 0 Å². The van der Waals surface area contributed by atoms with Crippen molar-refractivity contribution in [3.8, 4) is 11.5 Å². The van der Waals surface area contributed by atoms with Crippen LogP contribution in [-0.2, 0) is 0 Å². The molecule has 0 bridgehead atoms. The largest absolute Gasteiger partial charge is 0.492 e. The number of rotatable bonds is 7. The molecule has 0 amide bonds. The zero-order valence-corrected chi connectivity index (χ0v) is 11.5. The van der Waals surface area contributed by atoms with Gasteiger partial charge < -0.3 is 9.47 Å². The molecule has 0 saturated carbocycles. The van der Waals surface area contributed by atoms with Gasteiger partial charge in [-0.15, -0.1) is 0 Å². The fourth-order valence-electron chi connectivity index (χ4n) is 2.26. The van der Waals surface area contributed by atoms with Gasteiger partial charge >= 0.3 is 0 Å². The molecule has 1 aliphatic heterocycles. The highest BCUT2D eigenvalue weighted by molar-refractivity contribution is 5.31. The number of likely N-dealkylation sites (tertiary alicyclic amines) is 1. The molecule has 0 N–H and O–H groups in total. The molecule has 104 valence electrons. The van der Waals surface area contributed by atoms with Crippen molar-refractivity contribution in [2.24, 2.45) is 0 Å². The molecule has 0 aromatic heterocycles. The van der Waals surface area contributed by atoms with Gasteiger partial charge in [0, 0.05) is 6.54 Å². The molecule has 0 aliphatic carbocycles. The van der Waals surface area contributed by atoms with Crippen molar-refractivity contribution in [3.63, 3.8) is 0 Å². The summed E-state index contributed by atoms with van der Waals surface area (Å²) in [4.78, 5) is 2.48. The average Bonchev–Trinajstić information content (AvgIpc) is 2.47. The van der Waals surface area contributed by atoms with Gasteiger partial charge in [-0.1, -0.05) is 19.1 Å². The number of benzene rings is 1. The van der Waals surface area contributed by atoms with Crippen LogP contribution >= 0.6 is 0 Å². The second-order valence-electron chi connectivity index (χ2n) is 4.82. The van der Waals surface area contributed by atoms with Gasteiger partial charge in [-0.05, 0) is 50.2 Å². The number of nitrogens with zero attached hydrogens (tertiary/aromatic N) is 1. The summed E-state index contributed by atoms with van der Waals surface area (Å²) in [6.07, 6.45) is 5.78. The molecule has 0 radical (unpaired) electrons. The van der Waals surface area contributed by atoms with E-state index in [1.807, 2.05) is 24.3 Å². The molecule has 2 rings (SSSR count). The molecule has 1 aromatic carbocycles. The van der Waals surface area contributed by atoms with Crippen molar-refractivity contribution in [3.05, 3.63) is 36.9 Å². The highest BCUT2D eigenvalue weighted by Gasteiger charge is 2.09. The summed E-state index contributed by atoms with van der Waals surface area (Å²) in [7, 11) is 0.